The van der Waals surface area contributed by atoms with Crippen molar-refractivity contribution in [3.05, 3.63) is 41.6 Å². The topological polar surface area (TPSA) is 195 Å². The number of alkyl halides is 3. The first-order chi connectivity index (χ1) is 31.5. The zero-order valence-electron chi connectivity index (χ0n) is 38.7. The lowest BCUT2D eigenvalue weighted by Gasteiger charge is -2.37. The zero-order chi connectivity index (χ0) is 48.2. The van der Waals surface area contributed by atoms with Crippen molar-refractivity contribution in [2.24, 2.45) is 0 Å². The molecule has 2 aromatic rings. The lowest BCUT2D eigenvalue weighted by molar-refractivity contribution is -0.144. The van der Waals surface area contributed by atoms with Gasteiger partial charge in [0.15, 0.2) is 11.4 Å². The summed E-state index contributed by atoms with van der Waals surface area (Å²) >= 11 is 0. The second-order valence-electron chi connectivity index (χ2n) is 20.1. The fraction of sp³-hybridized carbons (Fsp3) is 0.674. The van der Waals surface area contributed by atoms with E-state index >= 15 is 13.2 Å². The number of allylic oxidation sites excluding steroid dienone is 1. The van der Waals surface area contributed by atoms with Gasteiger partial charge in [0.2, 0.25) is 21.8 Å². The third-order valence-electron chi connectivity index (χ3n) is 13.8. The molecule has 1 spiro atoms. The molecule has 16 nitrogen and oxygen atoms in total. The highest BCUT2D eigenvalue weighted by Gasteiger charge is 2.64. The number of aryl methyl sites for hydroxylation is 1. The van der Waals surface area contributed by atoms with Gasteiger partial charge in [0.05, 0.1) is 36.6 Å². The predicted molar refractivity (Wildman–Crippen MR) is 244 cm³/mol. The predicted octanol–water partition coefficient (Wildman–Crippen LogP) is 5.69. The summed E-state index contributed by atoms with van der Waals surface area (Å²) in [7, 11) is -4.34. The summed E-state index contributed by atoms with van der Waals surface area (Å²) in [6.07, 6.45) is 1.84. The van der Waals surface area contributed by atoms with Crippen LogP contribution in [0.25, 0.3) is 10.9 Å². The Morgan fingerprint density at radius 1 is 1.09 bits per heavy atom. The number of nitrogens with one attached hydrogen (secondary N) is 3. The van der Waals surface area contributed by atoms with Gasteiger partial charge in [-0.1, -0.05) is 33.6 Å². The van der Waals surface area contributed by atoms with Gasteiger partial charge in [-0.3, -0.25) is 24.0 Å². The van der Waals surface area contributed by atoms with E-state index < -0.39 is 90.4 Å². The minimum absolute atomic E-state index is 0.0577. The second kappa shape index (κ2) is 18.6. The van der Waals surface area contributed by atoms with E-state index in [4.69, 9.17) is 18.9 Å². The number of nitrogens with zero attached hydrogens (tertiary/aromatic N) is 3. The molecule has 1 aromatic heterocycles. The van der Waals surface area contributed by atoms with Crippen molar-refractivity contribution in [2.75, 3.05) is 39.5 Å². The van der Waals surface area contributed by atoms with Crippen LogP contribution in [-0.2, 0) is 46.5 Å². The van der Waals surface area contributed by atoms with E-state index in [0.29, 0.717) is 75.9 Å². The molecule has 0 radical (unpaired) electrons. The van der Waals surface area contributed by atoms with Crippen LogP contribution < -0.4 is 24.8 Å². The average molecular weight is 979 g/mol. The van der Waals surface area contributed by atoms with Crippen LogP contribution in [0.2, 0.25) is 0 Å². The standard InChI is InChI=1S/C46H62F3N6O10PS/c1-28(54-20-23-62-24-21-54)16-22-63-29-13-14-32-31(25-29)30-15-17-44(64-36(30)37(50-32)46(47,48)49)26-34-38(56)52-45(40(58)53-67(60,61)43(5)18-19-43)35(66-45)12-10-8-6-7-9-11-33(39(57)55(34)27-44)51-41(59)65-42(2,3)4/h10,12-14,25,28,33-35,66H,6-9,11,15-24,26-27H2,1-5H3,(H,51,59)(H,52,56)(H,53,58)/b12-10-/t28?,33-,34-,35-,44+,45-/m0/s1. The van der Waals surface area contributed by atoms with Gasteiger partial charge in [0, 0.05) is 42.2 Å². The normalized spacial score (nSPS) is 29.3. The van der Waals surface area contributed by atoms with Crippen molar-refractivity contribution in [2.45, 2.75) is 156 Å². The lowest BCUT2D eigenvalue weighted by Crippen LogP contribution is -2.58. The first-order valence-electron chi connectivity index (χ1n) is 23.3. The number of rotatable bonds is 9. The average Bonchev–Trinajstić information content (AvgIpc) is 4.15. The number of hydrogen-bond acceptors (Lipinski definition) is 12. The van der Waals surface area contributed by atoms with Gasteiger partial charge >= 0.3 is 12.3 Å². The molecule has 1 aromatic carbocycles. The Labute approximate surface area is 391 Å². The van der Waals surface area contributed by atoms with Crippen LogP contribution in [0.1, 0.15) is 110 Å². The molecule has 4 amide bonds. The summed E-state index contributed by atoms with van der Waals surface area (Å²) in [5.41, 5.74) is -3.89. The highest BCUT2D eigenvalue weighted by Crippen LogP contribution is 2.60. The number of carbonyl (C=O) groups excluding carboxylic acids is 4. The highest BCUT2D eigenvalue weighted by molar-refractivity contribution is 7.91. The van der Waals surface area contributed by atoms with Gasteiger partial charge in [-0.2, -0.15) is 13.2 Å². The van der Waals surface area contributed by atoms with Crippen LogP contribution in [0.5, 0.6) is 11.5 Å². The molecule has 3 saturated heterocycles. The SMILES string of the molecule is CC(CCOc1ccc2nc(C(F)(F)F)c3c(c2c1)CC[C@]1(C[C@H]2C(=O)N[C@]4(C(=O)NS(=O)(=O)C5(C)CC5)P[C@H]4/C=C\CCCCC[C@H](NC(=O)OC(C)(C)C)C(=O)N2C1)O3)N1CCOCC1. The van der Waals surface area contributed by atoms with Gasteiger partial charge < -0.3 is 34.5 Å². The monoisotopic (exact) mass is 978 g/mol. The van der Waals surface area contributed by atoms with Gasteiger partial charge in [0.1, 0.15) is 34.3 Å². The highest BCUT2D eigenvalue weighted by atomic mass is 32.2. The van der Waals surface area contributed by atoms with Crippen molar-refractivity contribution < 1.29 is 59.7 Å². The molecule has 4 fully saturated rings. The quantitative estimate of drug-likeness (QED) is 0.206. The summed E-state index contributed by atoms with van der Waals surface area (Å²) in [6, 6.07) is 2.39. The van der Waals surface area contributed by atoms with Crippen LogP contribution in [0.3, 0.4) is 0 Å². The number of hydrogen-bond donors (Lipinski definition) is 3. The van der Waals surface area contributed by atoms with Crippen LogP contribution in [0.15, 0.2) is 30.4 Å². The lowest BCUT2D eigenvalue weighted by atomic mass is 9.87. The Hall–Kier alpha value is -4.26. The summed E-state index contributed by atoms with van der Waals surface area (Å²) in [4.78, 5) is 64.6. The van der Waals surface area contributed by atoms with Crippen molar-refractivity contribution >= 4 is 53.3 Å². The van der Waals surface area contributed by atoms with Crippen LogP contribution in [-0.4, -0.2) is 131 Å². The van der Waals surface area contributed by atoms with E-state index in [9.17, 15) is 27.6 Å². The molecule has 1 saturated carbocycles. The number of ether oxygens (including phenoxy) is 4. The molecular weight excluding hydrogens is 917 g/mol. The molecule has 2 unspecified atom stereocenters. The maximum absolute atomic E-state index is 15.0. The molecule has 67 heavy (non-hydrogen) atoms. The summed E-state index contributed by atoms with van der Waals surface area (Å²) < 4.78 is 96.5. The molecule has 7 atom stereocenters. The number of sulfonamides is 1. The van der Waals surface area contributed by atoms with E-state index in [1.807, 2.05) is 6.08 Å². The van der Waals surface area contributed by atoms with Crippen LogP contribution >= 0.6 is 8.58 Å². The summed E-state index contributed by atoms with van der Waals surface area (Å²) in [5.74, 6) is -2.44. The first-order valence-corrected chi connectivity index (χ1v) is 25.9. The molecule has 1 aliphatic carbocycles. The Balaban J connectivity index is 1.12. The molecule has 6 heterocycles. The van der Waals surface area contributed by atoms with Gasteiger partial charge in [-0.05, 0) is 104 Å². The molecule has 21 heteroatoms. The van der Waals surface area contributed by atoms with Crippen molar-refractivity contribution in [3.8, 4) is 11.5 Å². The Kier molecular flexibility index (Phi) is 13.6. The second-order valence-corrected chi connectivity index (χ2v) is 24.0. The van der Waals surface area contributed by atoms with E-state index in [0.717, 1.165) is 13.1 Å². The molecule has 3 N–H and O–H groups in total. The maximum Gasteiger partial charge on any atom is 0.437 e. The van der Waals surface area contributed by atoms with E-state index in [1.165, 1.54) is 17.9 Å². The fourth-order valence-corrected chi connectivity index (χ4v) is 12.2. The number of pyridine rings is 1. The van der Waals surface area contributed by atoms with Crippen LogP contribution in [0.4, 0.5) is 18.0 Å². The molecule has 368 valence electrons. The minimum atomic E-state index is -4.95. The Morgan fingerprint density at radius 3 is 2.54 bits per heavy atom. The van der Waals surface area contributed by atoms with Crippen molar-refractivity contribution in [3.63, 3.8) is 0 Å². The molecule has 6 aliphatic rings. The number of fused-ring (bicyclic) bond motifs is 5. The largest absolute Gasteiger partial charge is 0.494 e. The Bertz CT molecular complexity index is 2410. The van der Waals surface area contributed by atoms with E-state index in [1.54, 1.807) is 39.0 Å². The molecule has 0 bridgehead atoms. The smallest absolute Gasteiger partial charge is 0.437 e. The van der Waals surface area contributed by atoms with E-state index in [2.05, 4.69) is 32.2 Å². The number of benzene rings is 1. The number of aromatic nitrogens is 1. The van der Waals surface area contributed by atoms with Crippen LogP contribution in [0, 0.1) is 0 Å². The Morgan fingerprint density at radius 2 is 1.84 bits per heavy atom. The first kappa shape index (κ1) is 49.2. The van der Waals surface area contributed by atoms with Gasteiger partial charge in [-0.25, -0.2) is 18.2 Å². The number of alkyl carbamates (subject to hydrolysis) is 1. The van der Waals surface area contributed by atoms with Crippen molar-refractivity contribution in [1.82, 2.24) is 30.1 Å². The zero-order valence-corrected chi connectivity index (χ0v) is 40.5. The van der Waals surface area contributed by atoms with E-state index in [-0.39, 0.29) is 57.9 Å². The number of amides is 4. The van der Waals surface area contributed by atoms with Crippen molar-refractivity contribution in [1.29, 1.82) is 0 Å². The number of morpholine rings is 1. The fourth-order valence-electron chi connectivity index (χ4n) is 9.52. The minimum Gasteiger partial charge on any atom is -0.494 e. The third kappa shape index (κ3) is 10.7. The van der Waals surface area contributed by atoms with Gasteiger partial charge in [-0.15, -0.1) is 0 Å². The molecule has 5 aliphatic heterocycles. The maximum atomic E-state index is 15.0. The summed E-state index contributed by atoms with van der Waals surface area (Å²) in [5, 5.41) is 4.27. The third-order valence-corrected chi connectivity index (χ3v) is 17.8. The number of halogens is 3. The summed E-state index contributed by atoms with van der Waals surface area (Å²) in [6.45, 7) is 11.7. The molecular formula is C46H62F3N6O10PS. The number of carbonyl (C=O) groups is 4. The molecule has 8 rings (SSSR count). The van der Waals surface area contributed by atoms with Gasteiger partial charge in [0.25, 0.3) is 5.91 Å².